The number of aromatic nitrogens is 6. The Bertz CT molecular complexity index is 6470. The number of nitriles is 1. The zero-order valence-corrected chi connectivity index (χ0v) is 94.8. The largest absolute Gasteiger partial charge is 1.00 e. The number of primary amides is 2. The van der Waals surface area contributed by atoms with Gasteiger partial charge in [0, 0.05) is 81.5 Å². The molecule has 2 saturated heterocycles. The van der Waals surface area contributed by atoms with Crippen molar-refractivity contribution in [2.45, 2.75) is 164 Å². The molecule has 47 heteroatoms. The van der Waals surface area contributed by atoms with E-state index in [1.807, 2.05) is 36.2 Å². The van der Waals surface area contributed by atoms with Gasteiger partial charge in [0.25, 0.3) is 28.8 Å². The summed E-state index contributed by atoms with van der Waals surface area (Å²) in [5, 5.41) is 56.1. The van der Waals surface area contributed by atoms with Crippen LogP contribution in [0.4, 0.5) is 56.2 Å². The minimum atomic E-state index is -1.84. The number of nitrogen functional groups attached to an aromatic ring is 2. The van der Waals surface area contributed by atoms with Crippen molar-refractivity contribution in [3.8, 4) is 11.8 Å². The molecule has 144 heavy (non-hydrogen) atoms. The summed E-state index contributed by atoms with van der Waals surface area (Å²) in [7, 11) is 5.45. The fourth-order valence-electron chi connectivity index (χ4n) is 14.5. The van der Waals surface area contributed by atoms with Crippen LogP contribution in [0.15, 0.2) is 149 Å². The molecule has 18 rings (SSSR count). The first-order valence-corrected chi connectivity index (χ1v) is 49.8. The van der Waals surface area contributed by atoms with Crippen molar-refractivity contribution in [3.63, 3.8) is 0 Å². The molecular formula is C97H109Br4Cl6F5N16Na2O14. The number of hydrogen-bond donors (Lipinski definition) is 13. The Kier molecular flexibility index (Phi) is 50.9. The van der Waals surface area contributed by atoms with Crippen LogP contribution in [0.1, 0.15) is 189 Å². The normalized spacial score (nSPS) is 15.4. The van der Waals surface area contributed by atoms with Crippen LogP contribution < -0.4 is 123 Å². The first-order chi connectivity index (χ1) is 66.3. The summed E-state index contributed by atoms with van der Waals surface area (Å²) in [6, 6.07) is 38.6. The van der Waals surface area contributed by atoms with E-state index in [0.29, 0.717) is 166 Å². The Labute approximate surface area is 936 Å². The van der Waals surface area contributed by atoms with E-state index in [1.165, 1.54) is 54.7 Å². The fourth-order valence-corrected chi connectivity index (χ4v) is 18.4. The molecule has 5 saturated carbocycles. The van der Waals surface area contributed by atoms with E-state index in [9.17, 15) is 51.4 Å². The number of rotatable bonds is 20. The molecule has 3 aromatic heterocycles. The molecule has 0 radical (unpaired) electrons. The number of unbranched alkanes of at least 4 members (excludes halogenated alkanes) is 1. The van der Waals surface area contributed by atoms with E-state index in [4.69, 9.17) is 128 Å². The van der Waals surface area contributed by atoms with Crippen LogP contribution in [0.3, 0.4) is 0 Å². The molecule has 7 aliphatic rings. The van der Waals surface area contributed by atoms with Gasteiger partial charge in [0.1, 0.15) is 29.3 Å². The van der Waals surface area contributed by atoms with E-state index in [1.54, 1.807) is 61.5 Å². The van der Waals surface area contributed by atoms with Crippen molar-refractivity contribution >= 4 is 224 Å². The number of anilines is 6. The maximum atomic E-state index is 15.1. The van der Waals surface area contributed by atoms with Gasteiger partial charge in [0.15, 0.2) is 40.0 Å². The maximum absolute atomic E-state index is 15.1. The van der Waals surface area contributed by atoms with E-state index >= 15 is 4.39 Å². The van der Waals surface area contributed by atoms with E-state index in [2.05, 4.69) is 160 Å². The molecule has 19 N–H and O–H groups in total. The molecular weight excluding hydrogens is 2290 g/mol. The number of ether oxygens (including phenoxy) is 1. The molecule has 768 valence electrons. The van der Waals surface area contributed by atoms with Gasteiger partial charge in [-0.05, 0) is 231 Å². The average Bonchev–Trinajstić information content (AvgIpc) is 1.61. The Hall–Kier alpha value is -7.26. The number of aryl methyl sites for hydroxylation is 1. The number of aliphatic hydroxyl groups is 3. The van der Waals surface area contributed by atoms with Crippen molar-refractivity contribution in [2.24, 2.45) is 11.5 Å². The number of aromatic amines is 2. The number of alkyl halides is 5. The van der Waals surface area contributed by atoms with E-state index in [-0.39, 0.29) is 152 Å². The Morgan fingerprint density at radius 3 is 1.42 bits per heavy atom. The number of aliphatic hydroxyl groups excluding tert-OH is 3. The summed E-state index contributed by atoms with van der Waals surface area (Å²) in [6.07, 6.45) is 10.2. The van der Waals surface area contributed by atoms with Gasteiger partial charge < -0.3 is 89.2 Å². The predicted octanol–water partition coefficient (Wildman–Crippen LogP) is 15.3. The van der Waals surface area contributed by atoms with Crippen molar-refractivity contribution in [1.82, 2.24) is 35.2 Å². The van der Waals surface area contributed by atoms with E-state index in [0.717, 1.165) is 79.0 Å². The Morgan fingerprint density at radius 2 is 0.979 bits per heavy atom. The topological polar surface area (TPSA) is 518 Å². The van der Waals surface area contributed by atoms with Crippen LogP contribution in [0.25, 0.3) is 32.7 Å². The number of para-hydroxylation sites is 1. The maximum Gasteiger partial charge on any atom is 1.00 e. The van der Waals surface area contributed by atoms with Crippen LogP contribution in [-0.4, -0.2) is 182 Å². The molecule has 11 aromatic rings. The molecule has 2 aliphatic heterocycles. The number of Topliss-reactive ketones (excluding diaryl/α,β-unsaturated/α-hetero) is 1. The molecule has 0 atom stereocenters. The summed E-state index contributed by atoms with van der Waals surface area (Å²) >= 11 is 48.9. The molecule has 0 unspecified atom stereocenters. The molecule has 0 spiro atoms. The van der Waals surface area contributed by atoms with Crippen LogP contribution in [0.2, 0.25) is 30.1 Å². The molecule has 5 heterocycles. The van der Waals surface area contributed by atoms with Gasteiger partial charge in [-0.3, -0.25) is 39.3 Å². The second-order valence-corrected chi connectivity index (χ2v) is 40.2. The smallest absolute Gasteiger partial charge is 0.870 e. The van der Waals surface area contributed by atoms with Gasteiger partial charge in [-0.15, -0.1) is 0 Å². The van der Waals surface area contributed by atoms with E-state index < -0.39 is 51.6 Å². The first kappa shape index (κ1) is 127. The van der Waals surface area contributed by atoms with Crippen molar-refractivity contribution in [1.29, 1.82) is 5.26 Å². The minimum absolute atomic E-state index is 0. The van der Waals surface area contributed by atoms with Gasteiger partial charge in [-0.1, -0.05) is 189 Å². The number of nitrogens with one attached hydrogen (secondary N) is 4. The van der Waals surface area contributed by atoms with Gasteiger partial charge in [-0.25, -0.2) is 41.9 Å². The standard InChI is InChI=1S/C26H30ClFN4O.C14H15ClFN3O2.C12H17NO.C11H9BrClFN2O2.C11H7BrClFN2O.C7H6BrClN2O.C7H4BrClN2.C5H7FO.C4H10O.2Na.H2O2.2H2O/c1-17-5-3-4-6-20(17)18-7-11-32(12-8-18)24-21-15-19(31(2)13-14-33)16-22(27)23(21)29-25(30-24)26(28)9-10-26;1-19(4-5-20)8-6-9-11(10(15)7-8)17-13(18-12(9)21)14(16)2-3-14;1-14-12-5-3-2-4-11(12)10-6-8-13-9-7-10;12-5-3-6(9(15)17)8(7(13)4-5)16-10(18)11(14)1-2-11;12-5-3-6-8(7(13)4-5)15-10(16-9(6)17)11(14)1-2-11;8-3-1-4(7(11)12)6(10)5(9)2-3;8-5-1-4(3-10)7(11)6(9)2-5;1-4(7)5(6)2-3-5;1-2-3-4-5;;;1-2;;/h3-6,15-16,18,33H,7-14H2,1-2H3;6-7,20H,2-5H2,1H3,(H,17,18,21);2-5,10,13H,6-9H2,1H3;3-4H,1-2H2,(H2,15,17)(H,16,18);3-4H,1-2H2,(H,15,16,17);1-2H,10H2,(H2,11,12);1-2H,11H2;2-3H2,1H3;5H,2-4H2,1H3;;;1-2H;2*1H2/q;;;;;;;;;2*+1;;;/p-2. The van der Waals surface area contributed by atoms with Gasteiger partial charge in [0.05, 0.1) is 112 Å². The number of fused-ring (bicyclic) bond motifs is 3. The number of piperidine rings is 2. The summed E-state index contributed by atoms with van der Waals surface area (Å²) in [6.45, 7) is 10.8. The Balaban J connectivity index is 0.000000295. The number of benzene rings is 8. The zero-order chi connectivity index (χ0) is 103. The third-order valence-electron chi connectivity index (χ3n) is 23.7. The number of halogens is 15. The monoisotopic (exact) mass is 2390 g/mol. The van der Waals surface area contributed by atoms with Crippen LogP contribution in [0, 0.1) is 18.3 Å². The van der Waals surface area contributed by atoms with Crippen LogP contribution >= 0.6 is 133 Å². The minimum Gasteiger partial charge on any atom is -0.870 e. The van der Waals surface area contributed by atoms with Gasteiger partial charge in [-0.2, -0.15) is 5.26 Å². The first-order valence-electron chi connectivity index (χ1n) is 44.3. The quantitative estimate of drug-likeness (QED) is 0.0111. The third-order valence-corrected chi connectivity index (χ3v) is 27.3. The number of nitrogens with two attached hydrogens (primary N) is 4. The Morgan fingerprint density at radius 1 is 0.556 bits per heavy atom. The van der Waals surface area contributed by atoms with Gasteiger partial charge >= 0.3 is 59.1 Å². The number of ketones is 1. The summed E-state index contributed by atoms with van der Waals surface area (Å²) < 4.78 is 76.8. The molecule has 5 aliphatic carbocycles. The number of amides is 3. The van der Waals surface area contributed by atoms with Crippen molar-refractivity contribution in [2.75, 3.05) is 112 Å². The summed E-state index contributed by atoms with van der Waals surface area (Å²) in [4.78, 5) is 96.5. The number of hydrogen-bond acceptors (Lipinski definition) is 25. The summed E-state index contributed by atoms with van der Waals surface area (Å²) in [5.74, 6) is 0.938. The zero-order valence-electron chi connectivity index (χ0n) is 79.9. The number of carbonyl (C=O) groups excluding carboxylic acids is 4. The molecule has 3 amide bonds. The molecule has 7 fully saturated rings. The average molecular weight is 2400 g/mol. The van der Waals surface area contributed by atoms with Crippen LogP contribution in [-0.2, 0) is 26.6 Å². The molecule has 0 bridgehead atoms. The predicted molar refractivity (Wildman–Crippen MR) is 562 cm³/mol. The van der Waals surface area contributed by atoms with Crippen molar-refractivity contribution < 1.29 is 142 Å². The molecule has 30 nitrogen and oxygen atoms in total. The summed E-state index contributed by atoms with van der Waals surface area (Å²) in [5.41, 5.74) is 21.0. The second kappa shape index (κ2) is 57.7. The fraction of sp³-hybridized carbons (Fsp3) is 0.392. The molecule has 8 aromatic carbocycles. The van der Waals surface area contributed by atoms with Gasteiger partial charge in [0.2, 0.25) is 0 Å². The SMILES string of the molecule is CC(=O)C1(F)CC1.CCCCO.CN(CCO)c1cc(Cl)c2nc(C3(F)CC3)[nH]c(=O)c2c1.COc1ccccc1C1CCNCC1.Cc1ccccc1C1CCN(c2nc(C3(F)CC3)nc3c(Cl)cc(N(C)CCO)cc23)CC1.N#Cc1cc(Br)cc(Cl)c1N.NC(=O)c1cc(Br)cc(Cl)c1N.NC(=O)c1cc(Br)cc(Cl)c1NC(=O)C1(F)CC1.O=c1[nH]c(C2(F)CC2)nc2c(Cl)cc(Br)cc12.OO.[Na+].[Na+].[OH-].[OH-]. The number of methoxy groups -OCH3 is 1. The van der Waals surface area contributed by atoms with Crippen molar-refractivity contribution in [3.05, 3.63) is 241 Å². The van der Waals surface area contributed by atoms with Crippen LogP contribution in [0.5, 0.6) is 5.75 Å². The number of likely N-dealkylation sites (N-methyl/N-ethyl adjacent to an activating group) is 2. The second-order valence-electron chi connectivity index (χ2n) is 34.1. The number of nitrogens with zero attached hydrogens (tertiary/aromatic N) is 8. The third kappa shape index (κ3) is 34.6. The number of H-pyrrole nitrogens is 2. The number of carbonyl (C=O) groups is 4.